The molecule has 2 aromatic rings. The van der Waals surface area contributed by atoms with Gasteiger partial charge in [0.05, 0.1) is 5.54 Å². The van der Waals surface area contributed by atoms with Crippen LogP contribution in [0.2, 0.25) is 0 Å². The lowest BCUT2D eigenvalue weighted by molar-refractivity contribution is -0.141. The van der Waals surface area contributed by atoms with Gasteiger partial charge in [-0.2, -0.15) is 0 Å². The Kier molecular flexibility index (Phi) is 6.67. The molecule has 0 aromatic heterocycles. The first-order valence-corrected chi connectivity index (χ1v) is 10.7. The molecule has 0 bridgehead atoms. The molecule has 3 N–H and O–H groups in total. The maximum atomic E-state index is 12.6. The number of carbonyl (C=O) groups is 3. The van der Waals surface area contributed by atoms with E-state index in [0.29, 0.717) is 0 Å². The molecule has 1 aliphatic rings. The van der Waals surface area contributed by atoms with Crippen LogP contribution in [0.15, 0.2) is 48.5 Å². The second-order valence-corrected chi connectivity index (χ2v) is 9.59. The van der Waals surface area contributed by atoms with Crippen LogP contribution in [0.5, 0.6) is 0 Å². The SMILES string of the molecule is CC(C)(C)OC(=O)NC(C)(C)C(NC(=O)OCC1c2ccccc2-c2ccccc21)C(=O)O. The summed E-state index contributed by atoms with van der Waals surface area (Å²) in [5.74, 6) is -1.47. The highest BCUT2D eigenvalue weighted by atomic mass is 16.6. The number of nitrogens with one attached hydrogen (secondary N) is 2. The van der Waals surface area contributed by atoms with E-state index in [1.165, 1.54) is 13.8 Å². The lowest BCUT2D eigenvalue weighted by atomic mass is 9.95. The Morgan fingerprint density at radius 1 is 0.909 bits per heavy atom. The molecule has 1 unspecified atom stereocenters. The van der Waals surface area contributed by atoms with E-state index in [4.69, 9.17) is 9.47 Å². The zero-order valence-corrected chi connectivity index (χ0v) is 19.5. The van der Waals surface area contributed by atoms with E-state index in [9.17, 15) is 19.5 Å². The monoisotopic (exact) mass is 454 g/mol. The quantitative estimate of drug-likeness (QED) is 0.600. The Morgan fingerprint density at radius 3 is 1.91 bits per heavy atom. The molecule has 0 radical (unpaired) electrons. The number of hydrogen-bond acceptors (Lipinski definition) is 5. The molecule has 3 rings (SSSR count). The Labute approximate surface area is 193 Å². The highest BCUT2D eigenvalue weighted by Gasteiger charge is 2.39. The van der Waals surface area contributed by atoms with Gasteiger partial charge in [-0.15, -0.1) is 0 Å². The number of carboxylic acid groups (broad SMARTS) is 1. The number of alkyl carbamates (subject to hydrolysis) is 2. The zero-order valence-electron chi connectivity index (χ0n) is 19.5. The molecule has 33 heavy (non-hydrogen) atoms. The van der Waals surface area contributed by atoms with Crippen molar-refractivity contribution in [2.45, 2.75) is 57.7 Å². The summed E-state index contributed by atoms with van der Waals surface area (Å²) < 4.78 is 10.6. The van der Waals surface area contributed by atoms with Crippen LogP contribution < -0.4 is 10.6 Å². The topological polar surface area (TPSA) is 114 Å². The van der Waals surface area contributed by atoms with Crippen molar-refractivity contribution < 1.29 is 29.0 Å². The summed E-state index contributed by atoms with van der Waals surface area (Å²) in [4.78, 5) is 36.6. The molecule has 0 saturated heterocycles. The van der Waals surface area contributed by atoms with E-state index in [-0.39, 0.29) is 12.5 Å². The fraction of sp³-hybridized carbons (Fsp3) is 0.400. The van der Waals surface area contributed by atoms with Gasteiger partial charge < -0.3 is 25.2 Å². The number of carboxylic acids is 1. The number of hydrogen-bond donors (Lipinski definition) is 3. The summed E-state index contributed by atoms with van der Waals surface area (Å²) in [6.45, 7) is 8.11. The average Bonchev–Trinajstić information content (AvgIpc) is 3.02. The van der Waals surface area contributed by atoms with E-state index >= 15 is 0 Å². The summed E-state index contributed by atoms with van der Waals surface area (Å²) in [7, 11) is 0. The average molecular weight is 455 g/mol. The number of carbonyl (C=O) groups excluding carboxylic acids is 2. The van der Waals surface area contributed by atoms with Crippen molar-refractivity contribution in [1.29, 1.82) is 0 Å². The van der Waals surface area contributed by atoms with Crippen LogP contribution in [0.1, 0.15) is 51.7 Å². The maximum absolute atomic E-state index is 12.6. The fourth-order valence-electron chi connectivity index (χ4n) is 3.95. The lowest BCUT2D eigenvalue weighted by Gasteiger charge is -2.33. The Morgan fingerprint density at radius 2 is 1.42 bits per heavy atom. The first-order chi connectivity index (χ1) is 15.4. The number of fused-ring (bicyclic) bond motifs is 3. The Bertz CT molecular complexity index is 1010. The molecule has 8 nitrogen and oxygen atoms in total. The molecule has 2 aromatic carbocycles. The molecular weight excluding hydrogens is 424 g/mol. The second kappa shape index (κ2) is 9.13. The van der Waals surface area contributed by atoms with Gasteiger partial charge in [0.1, 0.15) is 12.2 Å². The molecule has 1 atom stereocenters. The van der Waals surface area contributed by atoms with Gasteiger partial charge in [-0.3, -0.25) is 0 Å². The standard InChI is InChI=1S/C25H30N2O6/c1-24(2,3)33-23(31)27-25(4,5)20(21(28)29)26-22(30)32-14-19-17-12-8-6-10-15(17)16-11-7-9-13-18(16)19/h6-13,19-20H,14H2,1-5H3,(H,26,30)(H,27,31)(H,28,29). The highest BCUT2D eigenvalue weighted by molar-refractivity contribution is 5.83. The minimum atomic E-state index is -1.44. The van der Waals surface area contributed by atoms with Crippen molar-refractivity contribution in [1.82, 2.24) is 10.6 Å². The van der Waals surface area contributed by atoms with Crippen molar-refractivity contribution in [3.63, 3.8) is 0 Å². The van der Waals surface area contributed by atoms with E-state index < -0.39 is 35.3 Å². The van der Waals surface area contributed by atoms with E-state index in [2.05, 4.69) is 10.6 Å². The smallest absolute Gasteiger partial charge is 0.408 e. The van der Waals surface area contributed by atoms with Crippen molar-refractivity contribution in [2.24, 2.45) is 0 Å². The van der Waals surface area contributed by atoms with Gasteiger partial charge in [0.2, 0.25) is 0 Å². The summed E-state index contributed by atoms with van der Waals surface area (Å²) in [6, 6.07) is 14.4. The van der Waals surface area contributed by atoms with Gasteiger partial charge in [-0.05, 0) is 56.9 Å². The number of ether oxygens (including phenoxy) is 2. The molecule has 8 heteroatoms. The van der Waals surface area contributed by atoms with Crippen LogP contribution in [0.25, 0.3) is 11.1 Å². The van der Waals surface area contributed by atoms with E-state index in [1.807, 2.05) is 48.5 Å². The highest BCUT2D eigenvalue weighted by Crippen LogP contribution is 2.44. The third-order valence-corrected chi connectivity index (χ3v) is 5.40. The van der Waals surface area contributed by atoms with Crippen LogP contribution in [0.3, 0.4) is 0 Å². The van der Waals surface area contributed by atoms with Crippen LogP contribution >= 0.6 is 0 Å². The van der Waals surface area contributed by atoms with Gasteiger partial charge >= 0.3 is 18.2 Å². The molecule has 0 aliphatic heterocycles. The molecule has 1 aliphatic carbocycles. The molecule has 0 fully saturated rings. The first kappa shape index (κ1) is 24.1. The van der Waals surface area contributed by atoms with E-state index in [1.54, 1.807) is 20.8 Å². The Hall–Kier alpha value is -3.55. The van der Waals surface area contributed by atoms with Crippen LogP contribution in [0.4, 0.5) is 9.59 Å². The lowest BCUT2D eigenvalue weighted by Crippen LogP contribution is -2.62. The second-order valence-electron chi connectivity index (χ2n) is 9.59. The Balaban J connectivity index is 1.68. The van der Waals surface area contributed by atoms with Gasteiger partial charge in [0, 0.05) is 5.92 Å². The minimum absolute atomic E-state index is 0.0477. The molecule has 0 heterocycles. The van der Waals surface area contributed by atoms with Gasteiger partial charge in [-0.25, -0.2) is 14.4 Å². The molecular formula is C25H30N2O6. The fourth-order valence-corrected chi connectivity index (χ4v) is 3.95. The van der Waals surface area contributed by atoms with Crippen molar-refractivity contribution in [3.8, 4) is 11.1 Å². The first-order valence-electron chi connectivity index (χ1n) is 10.7. The molecule has 0 spiro atoms. The predicted octanol–water partition coefficient (Wildman–Crippen LogP) is 4.28. The number of benzene rings is 2. The summed E-state index contributed by atoms with van der Waals surface area (Å²) in [5, 5.41) is 14.6. The normalized spacial score (nSPS) is 14.0. The predicted molar refractivity (Wildman–Crippen MR) is 123 cm³/mol. The van der Waals surface area contributed by atoms with Gasteiger partial charge in [0.15, 0.2) is 6.04 Å². The van der Waals surface area contributed by atoms with Crippen LogP contribution in [-0.2, 0) is 14.3 Å². The molecule has 2 amide bonds. The van der Waals surface area contributed by atoms with E-state index in [0.717, 1.165) is 22.3 Å². The summed E-state index contributed by atoms with van der Waals surface area (Å²) in [6.07, 6.45) is -1.67. The third kappa shape index (κ3) is 5.63. The summed E-state index contributed by atoms with van der Waals surface area (Å²) >= 11 is 0. The number of rotatable bonds is 6. The van der Waals surface area contributed by atoms with Crippen molar-refractivity contribution in [2.75, 3.05) is 6.61 Å². The number of amides is 2. The zero-order chi connectivity index (χ0) is 24.4. The molecule has 0 saturated carbocycles. The van der Waals surface area contributed by atoms with Gasteiger partial charge in [-0.1, -0.05) is 48.5 Å². The maximum Gasteiger partial charge on any atom is 0.408 e. The van der Waals surface area contributed by atoms with Crippen LogP contribution in [0, 0.1) is 0 Å². The largest absolute Gasteiger partial charge is 0.480 e. The minimum Gasteiger partial charge on any atom is -0.480 e. The summed E-state index contributed by atoms with van der Waals surface area (Å²) in [5.41, 5.74) is 2.18. The van der Waals surface area contributed by atoms with Crippen LogP contribution in [-0.4, -0.2) is 47.1 Å². The van der Waals surface area contributed by atoms with Gasteiger partial charge in [0.25, 0.3) is 0 Å². The van der Waals surface area contributed by atoms with Crippen molar-refractivity contribution in [3.05, 3.63) is 59.7 Å². The molecule has 176 valence electrons. The number of aliphatic carboxylic acids is 1. The third-order valence-electron chi connectivity index (χ3n) is 5.40. The van der Waals surface area contributed by atoms with Crippen molar-refractivity contribution >= 4 is 18.2 Å².